The van der Waals surface area contributed by atoms with E-state index in [1.54, 1.807) is 6.08 Å². The van der Waals surface area contributed by atoms with Crippen LogP contribution < -0.4 is 5.32 Å². The summed E-state index contributed by atoms with van der Waals surface area (Å²) in [6.45, 7) is 7.92. The zero-order valence-electron chi connectivity index (χ0n) is 14.9. The summed E-state index contributed by atoms with van der Waals surface area (Å²) >= 11 is 3.44. The Labute approximate surface area is 157 Å². The Kier molecular flexibility index (Phi) is 6.22. The van der Waals surface area contributed by atoms with Crippen molar-refractivity contribution in [3.63, 3.8) is 0 Å². The molecule has 0 fully saturated rings. The highest BCUT2D eigenvalue weighted by Gasteiger charge is 2.14. The summed E-state index contributed by atoms with van der Waals surface area (Å²) in [5.74, 6) is -0.328. The highest BCUT2D eigenvalue weighted by atomic mass is 79.9. The van der Waals surface area contributed by atoms with E-state index < -0.39 is 0 Å². The monoisotopic (exact) mass is 399 g/mol. The maximum absolute atomic E-state index is 12.2. The third kappa shape index (κ3) is 4.40. The first-order valence-corrected chi connectivity index (χ1v) is 9.04. The normalized spacial score (nSPS) is 12.6. The minimum Gasteiger partial charge on any atom is -0.349 e. The average molecular weight is 400 g/mol. The molecule has 0 aliphatic rings. The van der Waals surface area contributed by atoms with Gasteiger partial charge in [0.05, 0.1) is 0 Å². The third-order valence-corrected chi connectivity index (χ3v) is 4.74. The van der Waals surface area contributed by atoms with Gasteiger partial charge in [-0.25, -0.2) is 0 Å². The molecule has 0 aliphatic carbocycles. The Hall–Kier alpha value is -2.32. The largest absolute Gasteiger partial charge is 0.349 e. The zero-order chi connectivity index (χ0) is 18.6. The van der Waals surface area contributed by atoms with E-state index in [0.29, 0.717) is 0 Å². The molecule has 1 heterocycles. The maximum Gasteiger partial charge on any atom is 0.262 e. The van der Waals surface area contributed by atoms with Crippen molar-refractivity contribution in [2.75, 3.05) is 0 Å². The van der Waals surface area contributed by atoms with E-state index >= 15 is 0 Å². The summed E-state index contributed by atoms with van der Waals surface area (Å²) in [7, 11) is 0. The van der Waals surface area contributed by atoms with Gasteiger partial charge in [0.15, 0.2) is 0 Å². The van der Waals surface area contributed by atoms with Crippen LogP contribution in [0.15, 0.2) is 40.4 Å². The molecule has 0 saturated heterocycles. The lowest BCUT2D eigenvalue weighted by Gasteiger charge is -2.11. The second-order valence-electron chi connectivity index (χ2n) is 6.09. The number of carbonyl (C=O) groups is 1. The lowest BCUT2D eigenvalue weighted by atomic mass is 10.1. The Morgan fingerprint density at radius 1 is 1.36 bits per heavy atom. The maximum atomic E-state index is 12.2. The number of carbonyl (C=O) groups excluding carboxylic acids is 1. The van der Waals surface area contributed by atoms with Crippen LogP contribution in [0.1, 0.15) is 37.2 Å². The molecule has 1 atom stereocenters. The van der Waals surface area contributed by atoms with Crippen LogP contribution in [-0.4, -0.2) is 16.5 Å². The summed E-state index contributed by atoms with van der Waals surface area (Å²) in [5.41, 5.74) is 4.07. The Balaban J connectivity index is 2.40. The van der Waals surface area contributed by atoms with Crippen molar-refractivity contribution < 1.29 is 4.79 Å². The first kappa shape index (κ1) is 19.0. The fourth-order valence-corrected chi connectivity index (χ4v) is 2.89. The molecule has 130 valence electrons. The lowest BCUT2D eigenvalue weighted by Crippen LogP contribution is -2.32. The van der Waals surface area contributed by atoms with Gasteiger partial charge >= 0.3 is 0 Å². The minimum absolute atomic E-state index is 0.0412. The van der Waals surface area contributed by atoms with Crippen LogP contribution in [0.25, 0.3) is 11.8 Å². The molecule has 1 amide bonds. The summed E-state index contributed by atoms with van der Waals surface area (Å²) < 4.78 is 3.13. The highest BCUT2D eigenvalue weighted by Crippen LogP contribution is 2.24. The lowest BCUT2D eigenvalue weighted by molar-refractivity contribution is -0.117. The number of nitriles is 1. The van der Waals surface area contributed by atoms with Crippen LogP contribution in [0, 0.1) is 25.2 Å². The standard InChI is InChI=1S/C20H22BrN3O/c1-5-13(2)23-20(25)17(12-22)11-16-10-14(3)24(15(16)4)19-8-6-18(21)7-9-19/h6-11,13H,5H2,1-4H3,(H,23,25)/b17-11+/t13-/m0/s1. The number of amides is 1. The van der Waals surface area contributed by atoms with Crippen LogP contribution in [0.4, 0.5) is 0 Å². The second kappa shape index (κ2) is 8.17. The molecule has 2 aromatic rings. The molecule has 0 bridgehead atoms. The van der Waals surface area contributed by atoms with Crippen LogP contribution in [0.3, 0.4) is 0 Å². The first-order valence-electron chi connectivity index (χ1n) is 8.24. The number of aromatic nitrogens is 1. The van der Waals surface area contributed by atoms with Crippen molar-refractivity contribution in [1.82, 2.24) is 9.88 Å². The van der Waals surface area contributed by atoms with Gasteiger partial charge in [-0.2, -0.15) is 5.26 Å². The Bertz CT molecular complexity index is 841. The SMILES string of the molecule is CC[C@H](C)NC(=O)/C(C#N)=C/c1cc(C)n(-c2ccc(Br)cc2)c1C. The van der Waals surface area contributed by atoms with E-state index in [0.717, 1.165) is 33.5 Å². The molecule has 4 nitrogen and oxygen atoms in total. The predicted octanol–water partition coefficient (Wildman–Crippen LogP) is 4.68. The number of aryl methyl sites for hydroxylation is 1. The summed E-state index contributed by atoms with van der Waals surface area (Å²) in [6, 6.07) is 12.1. The average Bonchev–Trinajstić information content (AvgIpc) is 2.87. The van der Waals surface area contributed by atoms with Crippen LogP contribution in [0.5, 0.6) is 0 Å². The number of nitrogens with zero attached hydrogens (tertiary/aromatic N) is 2. The van der Waals surface area contributed by atoms with Gasteiger partial charge in [0.2, 0.25) is 0 Å². The van der Waals surface area contributed by atoms with Gasteiger partial charge in [-0.3, -0.25) is 4.79 Å². The summed E-state index contributed by atoms with van der Waals surface area (Å²) in [4.78, 5) is 12.2. The summed E-state index contributed by atoms with van der Waals surface area (Å²) in [5, 5.41) is 12.2. The molecule has 0 spiro atoms. The Morgan fingerprint density at radius 3 is 2.56 bits per heavy atom. The fourth-order valence-electron chi connectivity index (χ4n) is 2.63. The molecular weight excluding hydrogens is 378 g/mol. The van der Waals surface area contributed by atoms with E-state index in [2.05, 4.69) is 25.8 Å². The minimum atomic E-state index is -0.328. The Morgan fingerprint density at radius 2 is 2.00 bits per heavy atom. The molecule has 0 unspecified atom stereocenters. The van der Waals surface area contributed by atoms with Crippen molar-refractivity contribution in [1.29, 1.82) is 5.26 Å². The van der Waals surface area contributed by atoms with Gasteiger partial charge in [0.1, 0.15) is 11.6 Å². The highest BCUT2D eigenvalue weighted by molar-refractivity contribution is 9.10. The molecular formula is C20H22BrN3O. The van der Waals surface area contributed by atoms with Crippen LogP contribution in [0.2, 0.25) is 0 Å². The number of rotatable bonds is 5. The van der Waals surface area contributed by atoms with E-state index in [4.69, 9.17) is 0 Å². The molecule has 0 radical (unpaired) electrons. The first-order chi connectivity index (χ1) is 11.9. The van der Waals surface area contributed by atoms with Crippen LogP contribution >= 0.6 is 15.9 Å². The smallest absolute Gasteiger partial charge is 0.262 e. The second-order valence-corrected chi connectivity index (χ2v) is 7.01. The van der Waals surface area contributed by atoms with Crippen molar-refractivity contribution in [2.45, 2.75) is 40.2 Å². The molecule has 2 rings (SSSR count). The number of hydrogen-bond donors (Lipinski definition) is 1. The van der Waals surface area contributed by atoms with E-state index in [1.165, 1.54) is 0 Å². The van der Waals surface area contributed by atoms with Gasteiger partial charge in [-0.05, 0) is 69.2 Å². The number of nitrogens with one attached hydrogen (secondary N) is 1. The number of hydrogen-bond acceptors (Lipinski definition) is 2. The molecule has 1 N–H and O–H groups in total. The summed E-state index contributed by atoms with van der Waals surface area (Å²) in [6.07, 6.45) is 2.48. The quantitative estimate of drug-likeness (QED) is 0.585. The van der Waals surface area contributed by atoms with E-state index in [1.807, 2.05) is 64.1 Å². The molecule has 0 aliphatic heterocycles. The molecule has 5 heteroatoms. The molecule has 1 aromatic carbocycles. The van der Waals surface area contributed by atoms with Crippen molar-refractivity contribution in [3.8, 4) is 11.8 Å². The van der Waals surface area contributed by atoms with Gasteiger partial charge in [-0.15, -0.1) is 0 Å². The predicted molar refractivity (Wildman–Crippen MR) is 104 cm³/mol. The molecule has 1 aromatic heterocycles. The number of halogens is 1. The van der Waals surface area contributed by atoms with Gasteiger partial charge in [-0.1, -0.05) is 22.9 Å². The fraction of sp³-hybridized carbons (Fsp3) is 0.300. The molecule has 25 heavy (non-hydrogen) atoms. The van der Waals surface area contributed by atoms with Gasteiger partial charge in [0, 0.05) is 27.6 Å². The van der Waals surface area contributed by atoms with Crippen molar-refractivity contribution in [2.24, 2.45) is 0 Å². The zero-order valence-corrected chi connectivity index (χ0v) is 16.5. The van der Waals surface area contributed by atoms with Crippen molar-refractivity contribution in [3.05, 3.63) is 57.3 Å². The van der Waals surface area contributed by atoms with Crippen molar-refractivity contribution >= 4 is 27.9 Å². The van der Waals surface area contributed by atoms with Gasteiger partial charge < -0.3 is 9.88 Å². The van der Waals surface area contributed by atoms with Gasteiger partial charge in [0.25, 0.3) is 5.91 Å². The number of benzene rings is 1. The van der Waals surface area contributed by atoms with Crippen LogP contribution in [-0.2, 0) is 4.79 Å². The third-order valence-electron chi connectivity index (χ3n) is 4.21. The molecule has 0 saturated carbocycles. The topological polar surface area (TPSA) is 57.8 Å². The van der Waals surface area contributed by atoms with E-state index in [9.17, 15) is 10.1 Å². The van der Waals surface area contributed by atoms with E-state index in [-0.39, 0.29) is 17.5 Å².